The molecule has 3 rings (SSSR count). The Hall–Kier alpha value is -2.71. The summed E-state index contributed by atoms with van der Waals surface area (Å²) in [7, 11) is 0. The van der Waals surface area contributed by atoms with Gasteiger partial charge in [0.25, 0.3) is 11.7 Å². The molecule has 6 nitrogen and oxygen atoms in total. The Morgan fingerprint density at radius 1 is 1.12 bits per heavy atom. The lowest BCUT2D eigenvalue weighted by Gasteiger charge is -2.26. The van der Waals surface area contributed by atoms with Gasteiger partial charge in [0, 0.05) is 11.0 Å². The van der Waals surface area contributed by atoms with E-state index in [2.05, 4.69) is 34.7 Å². The smallest absolute Gasteiger partial charge is 0.295 e. The molecule has 0 aliphatic carbocycles. The molecule has 0 spiro atoms. The fraction of sp³-hybridized carbons (Fsp3) is 0.333. The average Bonchev–Trinajstić information content (AvgIpc) is 3.03. The molecular weight excluding hydrogens is 479 g/mol. The number of likely N-dealkylation sites (tertiary alicyclic amines) is 1. The second kappa shape index (κ2) is 10.3. The highest BCUT2D eigenvalue weighted by Crippen LogP contribution is 2.41. The van der Waals surface area contributed by atoms with Crippen LogP contribution in [0.3, 0.4) is 0 Å². The third kappa shape index (κ3) is 4.86. The maximum atomic E-state index is 13.6. The Balaban J connectivity index is 2.06. The Labute approximate surface area is 195 Å². The van der Waals surface area contributed by atoms with Gasteiger partial charge < -0.3 is 20.0 Å². The first-order chi connectivity index (χ1) is 15.3. The standard InChI is InChI=1S/C24H26BrFN2O4/c1-3-27(4-2)12-5-13-28-21(15-6-9-17(26)10-7-15)20(23(31)24(28)32)22(30)18-14-16(25)8-11-19(18)29/h6-11,14,21,29-30H,3-5,12-13H2,1-2H3. The van der Waals surface area contributed by atoms with E-state index in [0.717, 1.165) is 19.6 Å². The van der Waals surface area contributed by atoms with Crippen molar-refractivity contribution in [2.75, 3.05) is 26.2 Å². The molecule has 170 valence electrons. The number of Topliss-reactive ketones (excluding diaryl/α,β-unsaturated/α-hetero) is 1. The van der Waals surface area contributed by atoms with E-state index in [-0.39, 0.29) is 16.9 Å². The number of ketones is 1. The molecule has 0 bridgehead atoms. The number of aromatic hydroxyl groups is 1. The number of amides is 1. The van der Waals surface area contributed by atoms with Crippen LogP contribution in [0.4, 0.5) is 4.39 Å². The predicted molar refractivity (Wildman–Crippen MR) is 124 cm³/mol. The molecule has 32 heavy (non-hydrogen) atoms. The fourth-order valence-electron chi connectivity index (χ4n) is 3.95. The zero-order valence-electron chi connectivity index (χ0n) is 18.0. The lowest BCUT2D eigenvalue weighted by molar-refractivity contribution is -0.140. The Morgan fingerprint density at radius 3 is 2.41 bits per heavy atom. The first kappa shape index (κ1) is 23.9. The van der Waals surface area contributed by atoms with Crippen molar-refractivity contribution in [3.05, 3.63) is 69.5 Å². The van der Waals surface area contributed by atoms with Crippen LogP contribution in [0, 0.1) is 5.82 Å². The summed E-state index contributed by atoms with van der Waals surface area (Å²) in [5.41, 5.74) is 0.412. The van der Waals surface area contributed by atoms with E-state index in [9.17, 15) is 24.2 Å². The van der Waals surface area contributed by atoms with Crippen LogP contribution in [-0.4, -0.2) is 57.9 Å². The molecule has 2 aromatic rings. The van der Waals surface area contributed by atoms with Crippen molar-refractivity contribution in [1.29, 1.82) is 0 Å². The number of halogens is 2. The van der Waals surface area contributed by atoms with Crippen molar-refractivity contribution >= 4 is 33.4 Å². The molecule has 0 radical (unpaired) electrons. The molecule has 1 heterocycles. The lowest BCUT2D eigenvalue weighted by atomic mass is 9.95. The highest BCUT2D eigenvalue weighted by Gasteiger charge is 2.46. The van der Waals surface area contributed by atoms with Crippen molar-refractivity contribution in [1.82, 2.24) is 9.80 Å². The number of carbonyl (C=O) groups is 2. The average molecular weight is 505 g/mol. The van der Waals surface area contributed by atoms with E-state index in [1.54, 1.807) is 6.07 Å². The monoisotopic (exact) mass is 504 g/mol. The minimum absolute atomic E-state index is 0.0348. The van der Waals surface area contributed by atoms with Gasteiger partial charge in [-0.3, -0.25) is 9.59 Å². The number of benzene rings is 2. The number of phenols is 1. The summed E-state index contributed by atoms with van der Waals surface area (Å²) < 4.78 is 14.1. The van der Waals surface area contributed by atoms with Gasteiger partial charge in [-0.15, -0.1) is 0 Å². The van der Waals surface area contributed by atoms with Crippen molar-refractivity contribution in [3.63, 3.8) is 0 Å². The minimum atomic E-state index is -0.884. The van der Waals surface area contributed by atoms with Crippen molar-refractivity contribution in [2.24, 2.45) is 0 Å². The minimum Gasteiger partial charge on any atom is -0.507 e. The summed E-state index contributed by atoms with van der Waals surface area (Å²) >= 11 is 3.29. The molecule has 1 aliphatic rings. The molecule has 1 atom stereocenters. The molecule has 0 saturated carbocycles. The van der Waals surface area contributed by atoms with Crippen molar-refractivity contribution in [3.8, 4) is 5.75 Å². The summed E-state index contributed by atoms with van der Waals surface area (Å²) in [5.74, 6) is -2.70. The highest BCUT2D eigenvalue weighted by molar-refractivity contribution is 9.10. The first-order valence-corrected chi connectivity index (χ1v) is 11.3. The molecular formula is C24H26BrFN2O4. The lowest BCUT2D eigenvalue weighted by Crippen LogP contribution is -2.33. The summed E-state index contributed by atoms with van der Waals surface area (Å²) in [6, 6.07) is 9.06. The third-order valence-corrected chi connectivity index (χ3v) is 6.20. The summed E-state index contributed by atoms with van der Waals surface area (Å²) in [6.07, 6.45) is 0.634. The molecule has 1 unspecified atom stereocenters. The van der Waals surface area contributed by atoms with E-state index in [1.807, 2.05) is 0 Å². The third-order valence-electron chi connectivity index (χ3n) is 5.71. The van der Waals surface area contributed by atoms with Crippen LogP contribution in [0.25, 0.3) is 5.76 Å². The number of carbonyl (C=O) groups excluding carboxylic acids is 2. The van der Waals surface area contributed by atoms with Crippen LogP contribution >= 0.6 is 15.9 Å². The maximum Gasteiger partial charge on any atom is 0.295 e. The van der Waals surface area contributed by atoms with Crippen LogP contribution in [0.5, 0.6) is 5.75 Å². The number of rotatable bonds is 8. The van der Waals surface area contributed by atoms with Crippen LogP contribution < -0.4 is 0 Å². The van der Waals surface area contributed by atoms with Gasteiger partial charge in [0.1, 0.15) is 17.3 Å². The molecule has 2 N–H and O–H groups in total. The van der Waals surface area contributed by atoms with Crippen LogP contribution in [0.1, 0.15) is 37.4 Å². The van der Waals surface area contributed by atoms with E-state index >= 15 is 0 Å². The molecule has 1 aliphatic heterocycles. The molecule has 1 fully saturated rings. The number of aliphatic hydroxyl groups is 1. The summed E-state index contributed by atoms with van der Waals surface area (Å²) in [5, 5.41) is 21.3. The SMILES string of the molecule is CCN(CC)CCCN1C(=O)C(=O)C(=C(O)c2cc(Br)ccc2O)C1c1ccc(F)cc1. The van der Waals surface area contributed by atoms with E-state index in [1.165, 1.54) is 41.3 Å². The Morgan fingerprint density at radius 2 is 1.78 bits per heavy atom. The van der Waals surface area contributed by atoms with Gasteiger partial charge in [0.2, 0.25) is 0 Å². The fourth-order valence-corrected chi connectivity index (χ4v) is 4.31. The Kier molecular flexibility index (Phi) is 7.69. The normalized spacial score (nSPS) is 18.0. The molecule has 8 heteroatoms. The predicted octanol–water partition coefficient (Wildman–Crippen LogP) is 4.45. The van der Waals surface area contributed by atoms with Crippen molar-refractivity contribution in [2.45, 2.75) is 26.3 Å². The highest BCUT2D eigenvalue weighted by atomic mass is 79.9. The number of nitrogens with zero attached hydrogens (tertiary/aromatic N) is 2. The van der Waals surface area contributed by atoms with E-state index in [4.69, 9.17) is 0 Å². The van der Waals surface area contributed by atoms with Crippen LogP contribution in [0.15, 0.2) is 52.5 Å². The van der Waals surface area contributed by atoms with Crippen LogP contribution in [0.2, 0.25) is 0 Å². The van der Waals surface area contributed by atoms with Crippen LogP contribution in [-0.2, 0) is 9.59 Å². The number of phenolic OH excluding ortho intramolecular Hbond substituents is 1. The zero-order chi connectivity index (χ0) is 23.4. The first-order valence-electron chi connectivity index (χ1n) is 10.5. The second-order valence-corrected chi connectivity index (χ2v) is 8.50. The molecule has 0 aromatic heterocycles. The van der Waals surface area contributed by atoms with Gasteiger partial charge in [-0.2, -0.15) is 0 Å². The number of hydrogen-bond acceptors (Lipinski definition) is 5. The van der Waals surface area contributed by atoms with E-state index in [0.29, 0.717) is 23.0 Å². The zero-order valence-corrected chi connectivity index (χ0v) is 19.6. The topological polar surface area (TPSA) is 81.1 Å². The maximum absolute atomic E-state index is 13.6. The van der Waals surface area contributed by atoms with Gasteiger partial charge in [-0.1, -0.05) is 41.9 Å². The summed E-state index contributed by atoms with van der Waals surface area (Å²) in [4.78, 5) is 29.6. The van der Waals surface area contributed by atoms with E-state index < -0.39 is 29.3 Å². The Bertz CT molecular complexity index is 1030. The molecule has 1 saturated heterocycles. The van der Waals surface area contributed by atoms with Crippen molar-refractivity contribution < 1.29 is 24.2 Å². The van der Waals surface area contributed by atoms with Gasteiger partial charge >= 0.3 is 0 Å². The molecule has 1 amide bonds. The van der Waals surface area contributed by atoms with Gasteiger partial charge in [0.15, 0.2) is 0 Å². The number of aliphatic hydroxyl groups excluding tert-OH is 1. The van der Waals surface area contributed by atoms with Gasteiger partial charge in [0.05, 0.1) is 17.2 Å². The summed E-state index contributed by atoms with van der Waals surface area (Å²) in [6.45, 7) is 6.90. The largest absolute Gasteiger partial charge is 0.507 e. The second-order valence-electron chi connectivity index (χ2n) is 7.59. The van der Waals surface area contributed by atoms with Gasteiger partial charge in [-0.25, -0.2) is 4.39 Å². The number of hydrogen-bond donors (Lipinski definition) is 2. The van der Waals surface area contributed by atoms with Gasteiger partial charge in [-0.05, 0) is 62.0 Å². The molecule has 2 aromatic carbocycles. The quantitative estimate of drug-likeness (QED) is 0.315.